The minimum atomic E-state index is 0. The van der Waals surface area contributed by atoms with Crippen molar-refractivity contribution in [2.45, 2.75) is 6.92 Å². The van der Waals surface area contributed by atoms with Crippen LogP contribution in [-0.2, 0) is 0 Å². The van der Waals surface area contributed by atoms with Crippen LogP contribution in [0.25, 0.3) is 10.9 Å². The summed E-state index contributed by atoms with van der Waals surface area (Å²) < 4.78 is 10.6. The number of halogens is 1. The van der Waals surface area contributed by atoms with Crippen LogP contribution >= 0.6 is 12.4 Å². The van der Waals surface area contributed by atoms with Gasteiger partial charge >= 0.3 is 0 Å². The van der Waals surface area contributed by atoms with Crippen molar-refractivity contribution in [3.05, 3.63) is 54.2 Å². The number of benzene rings is 2. The summed E-state index contributed by atoms with van der Waals surface area (Å²) in [6.07, 6.45) is 0. The van der Waals surface area contributed by atoms with Crippen LogP contribution in [0.4, 0.5) is 11.4 Å². The Kier molecular flexibility index (Phi) is 5.29. The van der Waals surface area contributed by atoms with Gasteiger partial charge in [-0.3, -0.25) is 4.98 Å². The van der Waals surface area contributed by atoms with E-state index in [1.807, 2.05) is 55.5 Å². The first-order valence-corrected chi connectivity index (χ1v) is 7.06. The molecule has 4 nitrogen and oxygen atoms in total. The standard InChI is InChI=1S/C18H18N2O2.ClH/c1-12-9-18(20-13-5-4-6-14(10-13)21-2)16-11-15(22-3)7-8-17(16)19-12;/h4-11H,1-3H3,(H,19,20);1H. The molecule has 1 aromatic heterocycles. The molecule has 23 heavy (non-hydrogen) atoms. The van der Waals surface area contributed by atoms with Gasteiger partial charge in [0.2, 0.25) is 0 Å². The van der Waals surface area contributed by atoms with E-state index in [-0.39, 0.29) is 12.4 Å². The van der Waals surface area contributed by atoms with E-state index in [1.165, 1.54) is 0 Å². The van der Waals surface area contributed by atoms with Crippen molar-refractivity contribution in [1.82, 2.24) is 4.98 Å². The lowest BCUT2D eigenvalue weighted by Gasteiger charge is -2.12. The van der Waals surface area contributed by atoms with E-state index >= 15 is 0 Å². The Hall–Kier alpha value is -2.46. The van der Waals surface area contributed by atoms with Gasteiger partial charge in [0.15, 0.2) is 0 Å². The second kappa shape index (κ2) is 7.20. The fourth-order valence-corrected chi connectivity index (χ4v) is 2.42. The third-order valence-corrected chi connectivity index (χ3v) is 3.49. The number of methoxy groups -OCH3 is 2. The van der Waals surface area contributed by atoms with Gasteiger partial charge in [0.1, 0.15) is 11.5 Å². The minimum Gasteiger partial charge on any atom is -0.497 e. The zero-order chi connectivity index (χ0) is 15.5. The molecule has 5 heteroatoms. The Morgan fingerprint density at radius 1 is 0.913 bits per heavy atom. The zero-order valence-corrected chi connectivity index (χ0v) is 14.1. The highest BCUT2D eigenvalue weighted by Gasteiger charge is 2.07. The SMILES string of the molecule is COc1cccc(Nc2cc(C)nc3ccc(OC)cc23)c1.Cl. The molecule has 120 valence electrons. The van der Waals surface area contributed by atoms with Crippen molar-refractivity contribution >= 4 is 34.7 Å². The molecular formula is C18H19ClN2O2. The molecule has 0 atom stereocenters. The predicted molar refractivity (Wildman–Crippen MR) is 96.6 cm³/mol. The van der Waals surface area contributed by atoms with Gasteiger partial charge in [0, 0.05) is 28.5 Å². The van der Waals surface area contributed by atoms with Gasteiger partial charge in [-0.15, -0.1) is 12.4 Å². The number of hydrogen-bond donors (Lipinski definition) is 1. The second-order valence-electron chi connectivity index (χ2n) is 5.05. The minimum absolute atomic E-state index is 0. The first-order valence-electron chi connectivity index (χ1n) is 7.06. The molecule has 0 fully saturated rings. The molecule has 0 radical (unpaired) electrons. The third kappa shape index (κ3) is 3.66. The highest BCUT2D eigenvalue weighted by Crippen LogP contribution is 2.30. The van der Waals surface area contributed by atoms with Crippen LogP contribution < -0.4 is 14.8 Å². The predicted octanol–water partition coefficient (Wildman–Crippen LogP) is 4.73. The normalized spacial score (nSPS) is 10.0. The van der Waals surface area contributed by atoms with Crippen molar-refractivity contribution < 1.29 is 9.47 Å². The fourth-order valence-electron chi connectivity index (χ4n) is 2.42. The number of aromatic nitrogens is 1. The lowest BCUT2D eigenvalue weighted by molar-refractivity contribution is 0.415. The smallest absolute Gasteiger partial charge is 0.120 e. The molecule has 0 amide bonds. The number of pyridine rings is 1. The molecule has 0 aliphatic carbocycles. The number of ether oxygens (including phenoxy) is 2. The second-order valence-corrected chi connectivity index (χ2v) is 5.05. The highest BCUT2D eigenvalue weighted by molar-refractivity contribution is 5.94. The van der Waals surface area contributed by atoms with Crippen molar-refractivity contribution in [2.24, 2.45) is 0 Å². The summed E-state index contributed by atoms with van der Waals surface area (Å²) in [5.41, 5.74) is 3.86. The van der Waals surface area contributed by atoms with Gasteiger partial charge in [-0.2, -0.15) is 0 Å². The maximum Gasteiger partial charge on any atom is 0.120 e. The largest absolute Gasteiger partial charge is 0.497 e. The Morgan fingerprint density at radius 2 is 1.65 bits per heavy atom. The molecule has 0 saturated carbocycles. The van der Waals surface area contributed by atoms with Crippen molar-refractivity contribution in [3.8, 4) is 11.5 Å². The monoisotopic (exact) mass is 330 g/mol. The summed E-state index contributed by atoms with van der Waals surface area (Å²) in [4.78, 5) is 4.57. The van der Waals surface area contributed by atoms with Crippen molar-refractivity contribution in [3.63, 3.8) is 0 Å². The number of aryl methyl sites for hydroxylation is 1. The summed E-state index contributed by atoms with van der Waals surface area (Å²) >= 11 is 0. The summed E-state index contributed by atoms with van der Waals surface area (Å²) in [5.74, 6) is 1.63. The lowest BCUT2D eigenvalue weighted by Crippen LogP contribution is -1.96. The maximum absolute atomic E-state index is 5.32. The van der Waals surface area contributed by atoms with Crippen molar-refractivity contribution in [1.29, 1.82) is 0 Å². The number of fused-ring (bicyclic) bond motifs is 1. The van der Waals surface area contributed by atoms with Gasteiger partial charge < -0.3 is 14.8 Å². The van der Waals surface area contributed by atoms with Gasteiger partial charge in [0.25, 0.3) is 0 Å². The molecule has 2 aromatic carbocycles. The highest BCUT2D eigenvalue weighted by atomic mass is 35.5. The molecule has 1 N–H and O–H groups in total. The average Bonchev–Trinajstić information content (AvgIpc) is 2.54. The van der Waals surface area contributed by atoms with Gasteiger partial charge in [-0.25, -0.2) is 0 Å². The number of nitrogens with zero attached hydrogens (tertiary/aromatic N) is 1. The van der Waals surface area contributed by atoms with Crippen LogP contribution in [0.1, 0.15) is 5.69 Å². The van der Waals surface area contributed by atoms with Crippen LogP contribution in [-0.4, -0.2) is 19.2 Å². The number of rotatable bonds is 4. The molecule has 3 aromatic rings. The molecule has 0 spiro atoms. The van der Waals surface area contributed by atoms with Crippen LogP contribution in [0.3, 0.4) is 0 Å². The van der Waals surface area contributed by atoms with Gasteiger partial charge in [-0.1, -0.05) is 6.07 Å². The summed E-state index contributed by atoms with van der Waals surface area (Å²) in [7, 11) is 3.33. The van der Waals surface area contributed by atoms with Crippen LogP contribution in [0.2, 0.25) is 0 Å². The van der Waals surface area contributed by atoms with E-state index in [0.717, 1.165) is 39.5 Å². The molecule has 1 heterocycles. The van der Waals surface area contributed by atoms with Gasteiger partial charge in [-0.05, 0) is 43.3 Å². The van der Waals surface area contributed by atoms with E-state index in [9.17, 15) is 0 Å². The Bertz CT molecular complexity index is 821. The molecule has 0 unspecified atom stereocenters. The molecule has 3 rings (SSSR count). The van der Waals surface area contributed by atoms with Gasteiger partial charge in [0.05, 0.1) is 19.7 Å². The molecule has 0 aliphatic rings. The molecule has 0 aliphatic heterocycles. The summed E-state index contributed by atoms with van der Waals surface area (Å²) in [6.45, 7) is 1.99. The van der Waals surface area contributed by atoms with Crippen LogP contribution in [0.5, 0.6) is 11.5 Å². The van der Waals surface area contributed by atoms with E-state index in [2.05, 4.69) is 10.3 Å². The van der Waals surface area contributed by atoms with E-state index in [4.69, 9.17) is 9.47 Å². The maximum atomic E-state index is 5.32. The topological polar surface area (TPSA) is 43.4 Å². The van der Waals surface area contributed by atoms with Crippen LogP contribution in [0.15, 0.2) is 48.5 Å². The zero-order valence-electron chi connectivity index (χ0n) is 13.3. The molecular weight excluding hydrogens is 312 g/mol. The molecule has 0 saturated heterocycles. The fraction of sp³-hybridized carbons (Fsp3) is 0.167. The average molecular weight is 331 g/mol. The Balaban J connectivity index is 0.00000192. The number of hydrogen-bond acceptors (Lipinski definition) is 4. The number of anilines is 2. The Labute approximate surface area is 141 Å². The Morgan fingerprint density at radius 3 is 2.39 bits per heavy atom. The number of nitrogens with one attached hydrogen (secondary N) is 1. The third-order valence-electron chi connectivity index (χ3n) is 3.49. The summed E-state index contributed by atoms with van der Waals surface area (Å²) in [5, 5.41) is 4.46. The first-order chi connectivity index (χ1) is 10.7. The van der Waals surface area contributed by atoms with E-state index < -0.39 is 0 Å². The summed E-state index contributed by atoms with van der Waals surface area (Å²) in [6, 6.07) is 15.8. The van der Waals surface area contributed by atoms with Crippen LogP contribution in [0, 0.1) is 6.92 Å². The quantitative estimate of drug-likeness (QED) is 0.751. The van der Waals surface area contributed by atoms with E-state index in [0.29, 0.717) is 0 Å². The lowest BCUT2D eigenvalue weighted by atomic mass is 10.1. The molecule has 0 bridgehead atoms. The van der Waals surface area contributed by atoms with Crippen molar-refractivity contribution in [2.75, 3.05) is 19.5 Å². The first kappa shape index (κ1) is 16.9. The van der Waals surface area contributed by atoms with E-state index in [1.54, 1.807) is 14.2 Å².